The summed E-state index contributed by atoms with van der Waals surface area (Å²) in [7, 11) is -2.63. The van der Waals surface area contributed by atoms with Crippen LogP contribution in [0, 0.1) is 4.78 Å². The van der Waals surface area contributed by atoms with Crippen LogP contribution in [0.5, 0.6) is 0 Å². The highest BCUT2D eigenvalue weighted by atomic mass is 32.2. The molecule has 2 unspecified atom stereocenters. The van der Waals surface area contributed by atoms with E-state index in [1.165, 1.54) is 0 Å². The zero-order valence-corrected chi connectivity index (χ0v) is 5.98. The van der Waals surface area contributed by atoms with Gasteiger partial charge in [-0.05, 0) is 0 Å². The van der Waals surface area contributed by atoms with Gasteiger partial charge in [0, 0.05) is 0 Å². The molecule has 58 valence electrons. The zero-order valence-electron chi connectivity index (χ0n) is 5.16. The minimum atomic E-state index is -2.63. The van der Waals surface area contributed by atoms with Gasteiger partial charge in [-0.25, -0.2) is 4.21 Å². The Hall–Kier alpha value is -0.620. The Kier molecular flexibility index (Phi) is 1.65. The molecule has 2 atom stereocenters. The first-order valence-corrected chi connectivity index (χ1v) is 4.61. The van der Waals surface area contributed by atoms with Crippen LogP contribution in [0.4, 0.5) is 0 Å². The molecule has 0 bridgehead atoms. The van der Waals surface area contributed by atoms with Gasteiger partial charge in [0.15, 0.2) is 0 Å². The molecule has 0 aromatic heterocycles. The molecule has 1 aliphatic heterocycles. The highest BCUT2D eigenvalue weighted by Crippen LogP contribution is 2.03. The lowest BCUT2D eigenvalue weighted by Gasteiger charge is -1.98. The maximum absolute atomic E-state index is 10.8. The van der Waals surface area contributed by atoms with Crippen LogP contribution in [0.15, 0.2) is 0 Å². The van der Waals surface area contributed by atoms with E-state index in [2.05, 4.69) is 5.32 Å². The smallest absolute Gasteiger partial charge is 0.321 e. The standard InChI is InChI=1S/C4H8N2O3S/c5-10(9)1-3(4(7)8)6-2-10/h3,5-6H,1-2H2,(H,7,8). The summed E-state index contributed by atoms with van der Waals surface area (Å²) in [5.74, 6) is -1.09. The first-order chi connectivity index (χ1) is 4.51. The van der Waals surface area contributed by atoms with E-state index < -0.39 is 21.7 Å². The van der Waals surface area contributed by atoms with Crippen LogP contribution in [0.1, 0.15) is 0 Å². The van der Waals surface area contributed by atoms with Crippen molar-refractivity contribution in [2.24, 2.45) is 0 Å². The molecule has 1 rings (SSSR count). The van der Waals surface area contributed by atoms with Gasteiger partial charge in [-0.3, -0.25) is 14.9 Å². The van der Waals surface area contributed by atoms with E-state index in [4.69, 9.17) is 9.89 Å². The van der Waals surface area contributed by atoms with Crippen molar-refractivity contribution in [3.05, 3.63) is 0 Å². The van der Waals surface area contributed by atoms with Crippen molar-refractivity contribution >= 4 is 15.7 Å². The Morgan fingerprint density at radius 1 is 1.80 bits per heavy atom. The van der Waals surface area contributed by atoms with E-state index in [0.717, 1.165) is 0 Å². The number of hydrogen-bond acceptors (Lipinski definition) is 4. The summed E-state index contributed by atoms with van der Waals surface area (Å²) in [6.07, 6.45) is 0. The van der Waals surface area contributed by atoms with Gasteiger partial charge in [-0.2, -0.15) is 0 Å². The molecule has 1 aliphatic rings. The quantitative estimate of drug-likeness (QED) is 0.466. The predicted molar refractivity (Wildman–Crippen MR) is 35.2 cm³/mol. The van der Waals surface area contributed by atoms with Crippen molar-refractivity contribution < 1.29 is 14.1 Å². The van der Waals surface area contributed by atoms with Crippen LogP contribution in [0.2, 0.25) is 0 Å². The molecule has 1 fully saturated rings. The lowest BCUT2D eigenvalue weighted by atomic mass is 10.4. The van der Waals surface area contributed by atoms with Gasteiger partial charge in [0.2, 0.25) is 0 Å². The van der Waals surface area contributed by atoms with Crippen LogP contribution in [0.3, 0.4) is 0 Å². The summed E-state index contributed by atoms with van der Waals surface area (Å²) in [4.78, 5) is 10.2. The number of nitrogens with one attached hydrogen (secondary N) is 2. The largest absolute Gasteiger partial charge is 0.480 e. The molecule has 0 aromatic rings. The monoisotopic (exact) mass is 164 g/mol. The minimum absolute atomic E-state index is 0.00394. The fourth-order valence-corrected chi connectivity index (χ4v) is 2.17. The summed E-state index contributed by atoms with van der Waals surface area (Å²) in [6, 6.07) is -0.787. The Labute approximate surface area is 58.4 Å². The number of carboxylic acids is 1. The van der Waals surface area contributed by atoms with E-state index in [9.17, 15) is 9.00 Å². The molecule has 0 amide bonds. The molecule has 0 aromatic carbocycles. The van der Waals surface area contributed by atoms with Crippen molar-refractivity contribution in [3.8, 4) is 0 Å². The third-order valence-electron chi connectivity index (χ3n) is 1.30. The van der Waals surface area contributed by atoms with Gasteiger partial charge >= 0.3 is 5.97 Å². The normalized spacial score (nSPS) is 39.8. The molecule has 6 heteroatoms. The van der Waals surface area contributed by atoms with Crippen molar-refractivity contribution in [2.75, 3.05) is 11.6 Å². The summed E-state index contributed by atoms with van der Waals surface area (Å²) in [6.45, 7) is 0. The van der Waals surface area contributed by atoms with Crippen LogP contribution < -0.4 is 5.32 Å². The lowest BCUT2D eigenvalue weighted by molar-refractivity contribution is -0.138. The van der Waals surface area contributed by atoms with E-state index >= 15 is 0 Å². The summed E-state index contributed by atoms with van der Waals surface area (Å²) < 4.78 is 17.9. The topological polar surface area (TPSA) is 90.3 Å². The molecule has 5 nitrogen and oxygen atoms in total. The predicted octanol–water partition coefficient (Wildman–Crippen LogP) is -0.953. The Morgan fingerprint density at radius 2 is 2.40 bits per heavy atom. The third-order valence-corrected chi connectivity index (χ3v) is 2.80. The Morgan fingerprint density at radius 3 is 2.60 bits per heavy atom. The molecular formula is C4H8N2O3S. The molecule has 10 heavy (non-hydrogen) atoms. The van der Waals surface area contributed by atoms with Gasteiger partial charge in [0.05, 0.1) is 21.4 Å². The van der Waals surface area contributed by atoms with E-state index in [1.807, 2.05) is 0 Å². The Bertz CT molecular complexity index is 245. The molecule has 0 radical (unpaired) electrons. The molecule has 0 spiro atoms. The number of hydrogen-bond donors (Lipinski definition) is 3. The van der Waals surface area contributed by atoms with E-state index in [-0.39, 0.29) is 11.6 Å². The van der Waals surface area contributed by atoms with E-state index in [1.54, 1.807) is 0 Å². The van der Waals surface area contributed by atoms with Gasteiger partial charge < -0.3 is 5.11 Å². The number of carbonyl (C=O) groups is 1. The summed E-state index contributed by atoms with van der Waals surface area (Å²) in [5, 5.41) is 10.9. The minimum Gasteiger partial charge on any atom is -0.480 e. The second-order valence-corrected chi connectivity index (χ2v) is 4.46. The number of carboxylic acid groups (broad SMARTS) is 1. The highest BCUT2D eigenvalue weighted by Gasteiger charge is 2.29. The second-order valence-electron chi connectivity index (χ2n) is 2.22. The number of aliphatic carboxylic acids is 1. The molecule has 1 heterocycles. The van der Waals surface area contributed by atoms with Crippen LogP contribution in [-0.2, 0) is 14.5 Å². The third kappa shape index (κ3) is 1.45. The first-order valence-electron chi connectivity index (χ1n) is 2.72. The van der Waals surface area contributed by atoms with Gasteiger partial charge in [0.1, 0.15) is 6.04 Å². The maximum Gasteiger partial charge on any atom is 0.321 e. The maximum atomic E-state index is 10.8. The van der Waals surface area contributed by atoms with Gasteiger partial charge in [-0.1, -0.05) is 0 Å². The summed E-state index contributed by atoms with van der Waals surface area (Å²) >= 11 is 0. The second kappa shape index (κ2) is 2.21. The number of rotatable bonds is 1. The van der Waals surface area contributed by atoms with Crippen LogP contribution >= 0.6 is 0 Å². The van der Waals surface area contributed by atoms with Crippen molar-refractivity contribution in [3.63, 3.8) is 0 Å². The molecule has 1 saturated heterocycles. The van der Waals surface area contributed by atoms with Gasteiger partial charge in [-0.15, -0.1) is 0 Å². The molecular weight excluding hydrogens is 156 g/mol. The SMILES string of the molecule is N=S1(=O)CNC(C(=O)O)C1. The van der Waals surface area contributed by atoms with Crippen molar-refractivity contribution in [1.29, 1.82) is 4.78 Å². The lowest BCUT2D eigenvalue weighted by Crippen LogP contribution is -2.32. The average Bonchev–Trinajstić information content (AvgIpc) is 2.10. The molecule has 0 aliphatic carbocycles. The van der Waals surface area contributed by atoms with Crippen LogP contribution in [0.25, 0.3) is 0 Å². The van der Waals surface area contributed by atoms with Gasteiger partial charge in [0.25, 0.3) is 0 Å². The van der Waals surface area contributed by atoms with Crippen molar-refractivity contribution in [1.82, 2.24) is 5.32 Å². The Balaban J connectivity index is 2.69. The van der Waals surface area contributed by atoms with Crippen LogP contribution in [-0.4, -0.2) is 33.0 Å². The fraction of sp³-hybridized carbons (Fsp3) is 0.750. The van der Waals surface area contributed by atoms with E-state index in [0.29, 0.717) is 0 Å². The molecule has 3 N–H and O–H groups in total. The zero-order chi connectivity index (χ0) is 7.78. The average molecular weight is 164 g/mol. The highest BCUT2D eigenvalue weighted by molar-refractivity contribution is 7.92. The fourth-order valence-electron chi connectivity index (χ4n) is 0.781. The molecule has 0 saturated carbocycles. The first kappa shape index (κ1) is 7.49. The van der Waals surface area contributed by atoms with Crippen molar-refractivity contribution in [2.45, 2.75) is 6.04 Å². The summed E-state index contributed by atoms with van der Waals surface area (Å²) in [5.41, 5.74) is 0.